The highest BCUT2D eigenvalue weighted by molar-refractivity contribution is 6.29. The molecule has 1 aliphatic rings. The number of rotatable bonds is 4. The molecule has 1 aliphatic carbocycles. The lowest BCUT2D eigenvalue weighted by Crippen LogP contribution is -2.39. The molecule has 7 nitrogen and oxygen atoms in total. The molecule has 0 atom stereocenters. The van der Waals surface area contributed by atoms with Gasteiger partial charge in [-0.2, -0.15) is 5.10 Å². The van der Waals surface area contributed by atoms with Gasteiger partial charge < -0.3 is 0 Å². The maximum atomic E-state index is 12.3. The fourth-order valence-corrected chi connectivity index (χ4v) is 2.28. The van der Waals surface area contributed by atoms with E-state index >= 15 is 0 Å². The highest BCUT2D eigenvalue weighted by Gasteiger charge is 2.23. The number of hydrogen-bond donors (Lipinski definition) is 0. The molecule has 0 unspecified atom stereocenters. The first kappa shape index (κ1) is 14.6. The van der Waals surface area contributed by atoms with Crippen LogP contribution in [0.4, 0.5) is 0 Å². The summed E-state index contributed by atoms with van der Waals surface area (Å²) in [6.07, 6.45) is 5.16. The maximum absolute atomic E-state index is 12.3. The van der Waals surface area contributed by atoms with Gasteiger partial charge in [0.1, 0.15) is 24.4 Å². The first-order valence-electron chi connectivity index (χ1n) is 6.93. The highest BCUT2D eigenvalue weighted by atomic mass is 35.5. The van der Waals surface area contributed by atoms with Crippen molar-refractivity contribution < 1.29 is 0 Å². The maximum Gasteiger partial charge on any atom is 0.332 e. The van der Waals surface area contributed by atoms with E-state index in [1.165, 1.54) is 17.0 Å². The van der Waals surface area contributed by atoms with Crippen molar-refractivity contribution in [1.29, 1.82) is 0 Å². The third-order valence-electron chi connectivity index (χ3n) is 3.44. The molecule has 0 amide bonds. The molecule has 0 spiro atoms. The minimum atomic E-state index is -0.433. The summed E-state index contributed by atoms with van der Waals surface area (Å²) < 4.78 is 4.10. The van der Waals surface area contributed by atoms with Crippen molar-refractivity contribution in [3.05, 3.63) is 44.7 Å². The van der Waals surface area contributed by atoms with Gasteiger partial charge in [-0.25, -0.2) is 19.0 Å². The molecule has 3 rings (SSSR count). The molecule has 8 heteroatoms. The van der Waals surface area contributed by atoms with Crippen LogP contribution in [-0.4, -0.2) is 23.9 Å². The molecule has 1 fully saturated rings. The summed E-state index contributed by atoms with van der Waals surface area (Å²) in [6, 6.07) is 1.27. The van der Waals surface area contributed by atoms with Crippen molar-refractivity contribution in [3.8, 4) is 11.8 Å². The third-order valence-corrected chi connectivity index (χ3v) is 3.75. The molecular weight excluding hydrogens is 306 g/mol. The second-order valence-electron chi connectivity index (χ2n) is 5.17. The van der Waals surface area contributed by atoms with Gasteiger partial charge >= 0.3 is 5.69 Å². The Morgan fingerprint density at radius 1 is 1.23 bits per heavy atom. The predicted octanol–water partition coefficient (Wildman–Crippen LogP) is 0.368. The first-order chi connectivity index (χ1) is 10.6. The van der Waals surface area contributed by atoms with E-state index in [0.29, 0.717) is 19.0 Å². The average Bonchev–Trinajstić information content (AvgIpc) is 3.16. The molecule has 0 saturated heterocycles. The van der Waals surface area contributed by atoms with Crippen LogP contribution in [0, 0.1) is 17.8 Å². The van der Waals surface area contributed by atoms with E-state index in [1.807, 2.05) is 0 Å². The SMILES string of the molecule is O=c1cc(Cl)n(CC2CC2)c(=O)n1CC#CCn1cncn1. The van der Waals surface area contributed by atoms with Gasteiger partial charge in [-0.1, -0.05) is 23.4 Å². The Morgan fingerprint density at radius 2 is 2.00 bits per heavy atom. The van der Waals surface area contributed by atoms with Crippen molar-refractivity contribution in [1.82, 2.24) is 23.9 Å². The Morgan fingerprint density at radius 3 is 2.68 bits per heavy atom. The molecule has 0 N–H and O–H groups in total. The van der Waals surface area contributed by atoms with Crippen molar-refractivity contribution in [2.75, 3.05) is 0 Å². The van der Waals surface area contributed by atoms with Gasteiger partial charge in [-0.15, -0.1) is 0 Å². The summed E-state index contributed by atoms with van der Waals surface area (Å²) in [5, 5.41) is 4.10. The number of aromatic nitrogens is 5. The fourth-order valence-electron chi connectivity index (χ4n) is 2.04. The van der Waals surface area contributed by atoms with Gasteiger partial charge in [-0.05, 0) is 18.8 Å². The molecule has 0 aliphatic heterocycles. The van der Waals surface area contributed by atoms with E-state index in [1.54, 1.807) is 11.0 Å². The summed E-state index contributed by atoms with van der Waals surface area (Å²) in [7, 11) is 0. The summed E-state index contributed by atoms with van der Waals surface area (Å²) >= 11 is 6.00. The minimum Gasteiger partial charge on any atom is -0.283 e. The van der Waals surface area contributed by atoms with Crippen LogP contribution in [0.5, 0.6) is 0 Å². The fraction of sp³-hybridized carbons (Fsp3) is 0.429. The van der Waals surface area contributed by atoms with E-state index in [9.17, 15) is 9.59 Å². The molecule has 0 radical (unpaired) electrons. The Balaban J connectivity index is 1.79. The normalized spacial score (nSPS) is 13.7. The summed E-state index contributed by atoms with van der Waals surface area (Å²) in [6.45, 7) is 0.955. The standard InChI is InChI=1S/C14H14ClN5O2/c15-12-7-13(21)19(14(22)20(12)8-11-3-4-11)6-2-1-5-18-10-16-9-17-18/h7,9-11H,3-6,8H2. The Labute approximate surface area is 131 Å². The largest absolute Gasteiger partial charge is 0.332 e. The molecule has 114 valence electrons. The van der Waals surface area contributed by atoms with Crippen molar-refractivity contribution in [2.45, 2.75) is 32.5 Å². The van der Waals surface area contributed by atoms with Gasteiger partial charge in [0.25, 0.3) is 5.56 Å². The van der Waals surface area contributed by atoms with Crippen molar-refractivity contribution >= 4 is 11.6 Å². The zero-order valence-corrected chi connectivity index (χ0v) is 12.5. The summed E-state index contributed by atoms with van der Waals surface area (Å²) in [4.78, 5) is 28.1. The number of nitrogens with zero attached hydrogens (tertiary/aromatic N) is 5. The van der Waals surface area contributed by atoms with E-state index in [-0.39, 0.29) is 11.7 Å². The molecule has 22 heavy (non-hydrogen) atoms. The van der Waals surface area contributed by atoms with Gasteiger partial charge in [0.05, 0.1) is 6.54 Å². The van der Waals surface area contributed by atoms with Crippen LogP contribution in [0.3, 0.4) is 0 Å². The van der Waals surface area contributed by atoms with Crippen LogP contribution in [0.15, 0.2) is 28.3 Å². The quantitative estimate of drug-likeness (QED) is 0.603. The topological polar surface area (TPSA) is 74.7 Å². The van der Waals surface area contributed by atoms with Crippen LogP contribution >= 0.6 is 11.6 Å². The van der Waals surface area contributed by atoms with Crippen LogP contribution < -0.4 is 11.2 Å². The zero-order valence-electron chi connectivity index (χ0n) is 11.8. The lowest BCUT2D eigenvalue weighted by Gasteiger charge is -2.09. The minimum absolute atomic E-state index is 0.0359. The molecule has 2 aromatic heterocycles. The van der Waals surface area contributed by atoms with Crippen LogP contribution in [-0.2, 0) is 19.6 Å². The average molecular weight is 320 g/mol. The molecule has 2 heterocycles. The molecule has 0 bridgehead atoms. The highest BCUT2D eigenvalue weighted by Crippen LogP contribution is 2.30. The number of hydrogen-bond acceptors (Lipinski definition) is 4. The second-order valence-corrected chi connectivity index (χ2v) is 5.56. The van der Waals surface area contributed by atoms with Crippen LogP contribution in [0.2, 0.25) is 5.15 Å². The summed E-state index contributed by atoms with van der Waals surface area (Å²) in [5.74, 6) is 6.14. The third kappa shape index (κ3) is 3.28. The predicted molar refractivity (Wildman–Crippen MR) is 80.5 cm³/mol. The van der Waals surface area contributed by atoms with E-state index < -0.39 is 11.2 Å². The molecule has 1 saturated carbocycles. The monoisotopic (exact) mass is 319 g/mol. The second kappa shape index (κ2) is 6.20. The lowest BCUT2D eigenvalue weighted by atomic mass is 10.4. The molecule has 0 aromatic carbocycles. The Kier molecular flexibility index (Phi) is 4.11. The van der Waals surface area contributed by atoms with Gasteiger partial charge in [0, 0.05) is 12.6 Å². The zero-order chi connectivity index (χ0) is 15.5. The van der Waals surface area contributed by atoms with Crippen LogP contribution in [0.25, 0.3) is 0 Å². The van der Waals surface area contributed by atoms with E-state index in [0.717, 1.165) is 17.4 Å². The van der Waals surface area contributed by atoms with E-state index in [2.05, 4.69) is 21.9 Å². The lowest BCUT2D eigenvalue weighted by molar-refractivity contribution is 0.551. The van der Waals surface area contributed by atoms with Gasteiger partial charge in [0.15, 0.2) is 0 Å². The van der Waals surface area contributed by atoms with Crippen molar-refractivity contribution in [3.63, 3.8) is 0 Å². The van der Waals surface area contributed by atoms with E-state index in [4.69, 9.17) is 11.6 Å². The smallest absolute Gasteiger partial charge is 0.283 e. The first-order valence-corrected chi connectivity index (χ1v) is 7.31. The molecule has 2 aromatic rings. The number of halogens is 1. The van der Waals surface area contributed by atoms with Gasteiger partial charge in [-0.3, -0.25) is 9.36 Å². The Bertz CT molecular complexity index is 837. The van der Waals surface area contributed by atoms with Crippen LogP contribution in [0.1, 0.15) is 12.8 Å². The molecular formula is C14H14ClN5O2. The van der Waals surface area contributed by atoms with Crippen molar-refractivity contribution in [2.24, 2.45) is 5.92 Å². The van der Waals surface area contributed by atoms with Gasteiger partial charge in [0.2, 0.25) is 0 Å². The Hall–Kier alpha value is -2.33. The summed E-state index contributed by atoms with van der Waals surface area (Å²) in [5.41, 5.74) is -0.837.